The number of nitrogens with zero attached hydrogens (tertiary/aromatic N) is 1. The fourth-order valence-corrected chi connectivity index (χ4v) is 8.87. The first-order valence-corrected chi connectivity index (χ1v) is 18.2. The zero-order chi connectivity index (χ0) is 34.3. The second kappa shape index (κ2) is 11.3. The van der Waals surface area contributed by atoms with Gasteiger partial charge in [-0.1, -0.05) is 142 Å². The number of allylic oxidation sites excluding steroid dienone is 4. The molecule has 0 aromatic heterocycles. The normalized spacial score (nSPS) is 16.3. The lowest BCUT2D eigenvalue weighted by atomic mass is 9.79. The number of benzene rings is 8. The first kappa shape index (κ1) is 29.9. The Balaban J connectivity index is 1.12. The van der Waals surface area contributed by atoms with Gasteiger partial charge in [-0.2, -0.15) is 0 Å². The highest BCUT2D eigenvalue weighted by molar-refractivity contribution is 6.17. The first-order valence-electron chi connectivity index (χ1n) is 18.2. The fourth-order valence-electron chi connectivity index (χ4n) is 8.87. The molecule has 0 amide bonds. The highest BCUT2D eigenvalue weighted by atomic mass is 15.1. The average Bonchev–Trinajstić information content (AvgIpc) is 3.39. The smallest absolute Gasteiger partial charge is 0.0468 e. The molecule has 0 radical (unpaired) electrons. The Morgan fingerprint density at radius 3 is 1.94 bits per heavy atom. The van der Waals surface area contributed by atoms with E-state index in [4.69, 9.17) is 0 Å². The molecule has 0 saturated carbocycles. The van der Waals surface area contributed by atoms with Crippen LogP contribution in [0, 0.1) is 5.92 Å². The van der Waals surface area contributed by atoms with Crippen LogP contribution in [-0.4, -0.2) is 0 Å². The average molecular weight is 654 g/mol. The van der Waals surface area contributed by atoms with E-state index in [0.717, 1.165) is 17.8 Å². The van der Waals surface area contributed by atoms with E-state index >= 15 is 0 Å². The quantitative estimate of drug-likeness (QED) is 0.171. The van der Waals surface area contributed by atoms with Gasteiger partial charge in [-0.3, -0.25) is 0 Å². The van der Waals surface area contributed by atoms with Crippen LogP contribution in [0.15, 0.2) is 169 Å². The third-order valence-electron chi connectivity index (χ3n) is 11.6. The number of hydrogen-bond acceptors (Lipinski definition) is 1. The van der Waals surface area contributed by atoms with Gasteiger partial charge in [0.1, 0.15) is 0 Å². The highest BCUT2D eigenvalue weighted by Gasteiger charge is 2.38. The molecule has 0 bridgehead atoms. The molecule has 1 nitrogen and oxygen atoms in total. The van der Waals surface area contributed by atoms with Crippen molar-refractivity contribution in [3.05, 3.63) is 181 Å². The van der Waals surface area contributed by atoms with E-state index in [1.165, 1.54) is 82.2 Å². The fraction of sp³-hybridized carbons (Fsp3) is 0.120. The summed E-state index contributed by atoms with van der Waals surface area (Å²) in [5.74, 6) is 0.564. The van der Waals surface area contributed by atoms with E-state index in [0.29, 0.717) is 5.92 Å². The summed E-state index contributed by atoms with van der Waals surface area (Å²) >= 11 is 0. The Labute approximate surface area is 299 Å². The number of hydrogen-bond donors (Lipinski definition) is 0. The summed E-state index contributed by atoms with van der Waals surface area (Å²) in [5.41, 5.74) is 11.7. The number of rotatable bonds is 4. The van der Waals surface area contributed by atoms with Crippen LogP contribution in [0.3, 0.4) is 0 Å². The lowest BCUT2D eigenvalue weighted by Crippen LogP contribution is -2.18. The summed E-state index contributed by atoms with van der Waals surface area (Å²) < 4.78 is 0. The number of anilines is 3. The van der Waals surface area contributed by atoms with Gasteiger partial charge in [0.15, 0.2) is 0 Å². The molecule has 0 spiro atoms. The second-order valence-corrected chi connectivity index (χ2v) is 15.1. The molecule has 0 aliphatic heterocycles. The topological polar surface area (TPSA) is 3.24 Å². The molecular formula is C50H39N. The summed E-state index contributed by atoms with van der Waals surface area (Å²) in [7, 11) is 0. The molecule has 244 valence electrons. The van der Waals surface area contributed by atoms with Crippen molar-refractivity contribution in [2.45, 2.75) is 32.6 Å². The predicted octanol–water partition coefficient (Wildman–Crippen LogP) is 14.1. The van der Waals surface area contributed by atoms with Gasteiger partial charge in [0.05, 0.1) is 0 Å². The number of fused-ring (bicyclic) bond motifs is 8. The highest BCUT2D eigenvalue weighted by Crippen LogP contribution is 2.52. The third kappa shape index (κ3) is 4.76. The van der Waals surface area contributed by atoms with Gasteiger partial charge in [0.25, 0.3) is 0 Å². The maximum atomic E-state index is 2.46. The SMILES string of the molecule is CC1C=CC2=C(C1)c1ccc(N(c3ccc(-c4ccc5ccccc5c4)cc3)c3ccc4c(ccc5c6ccccc6ccc45)c3)cc1C2(C)C. The molecule has 51 heavy (non-hydrogen) atoms. The van der Waals surface area contributed by atoms with Crippen molar-refractivity contribution in [1.29, 1.82) is 0 Å². The van der Waals surface area contributed by atoms with Gasteiger partial charge in [0.2, 0.25) is 0 Å². The van der Waals surface area contributed by atoms with Crippen molar-refractivity contribution >= 4 is 65.7 Å². The van der Waals surface area contributed by atoms with E-state index in [-0.39, 0.29) is 5.41 Å². The van der Waals surface area contributed by atoms with E-state index in [9.17, 15) is 0 Å². The van der Waals surface area contributed by atoms with E-state index in [2.05, 4.69) is 189 Å². The molecule has 1 atom stereocenters. The molecule has 2 aliphatic rings. The van der Waals surface area contributed by atoms with Gasteiger partial charge in [-0.15, -0.1) is 0 Å². The standard InChI is InChI=1S/C50H39N/c1-32-12-27-48-47(28-32)46-26-22-41(31-49(46)50(48,2)3)51(39-19-15-34(16-20-39)37-14-13-33-8-4-5-10-36(33)29-37)40-21-25-43-38(30-40)18-24-44-42-11-7-6-9-35(42)17-23-45(43)44/h4-27,29-32H,28H2,1-3H3. The maximum Gasteiger partial charge on any atom is 0.0468 e. The van der Waals surface area contributed by atoms with Crippen LogP contribution in [0.4, 0.5) is 17.1 Å². The summed E-state index contributed by atoms with van der Waals surface area (Å²) in [6.07, 6.45) is 5.89. The van der Waals surface area contributed by atoms with Crippen molar-refractivity contribution in [1.82, 2.24) is 0 Å². The zero-order valence-electron chi connectivity index (χ0n) is 29.3. The Hall–Kier alpha value is -5.92. The lowest BCUT2D eigenvalue weighted by Gasteiger charge is -2.29. The van der Waals surface area contributed by atoms with Crippen LogP contribution in [0.1, 0.15) is 38.3 Å². The van der Waals surface area contributed by atoms with Crippen LogP contribution in [0.2, 0.25) is 0 Å². The van der Waals surface area contributed by atoms with Gasteiger partial charge >= 0.3 is 0 Å². The van der Waals surface area contributed by atoms with E-state index < -0.39 is 0 Å². The zero-order valence-corrected chi connectivity index (χ0v) is 29.3. The Kier molecular flexibility index (Phi) is 6.64. The molecular weight excluding hydrogens is 615 g/mol. The largest absolute Gasteiger partial charge is 0.310 e. The van der Waals surface area contributed by atoms with Crippen molar-refractivity contribution in [3.8, 4) is 11.1 Å². The lowest BCUT2D eigenvalue weighted by molar-refractivity contribution is 0.643. The predicted molar refractivity (Wildman–Crippen MR) is 219 cm³/mol. The van der Waals surface area contributed by atoms with E-state index in [1.807, 2.05) is 0 Å². The molecule has 8 aromatic rings. The molecule has 1 heteroatoms. The van der Waals surface area contributed by atoms with Crippen molar-refractivity contribution in [2.24, 2.45) is 5.92 Å². The van der Waals surface area contributed by atoms with Gasteiger partial charge in [-0.05, 0) is 131 Å². The van der Waals surface area contributed by atoms with Crippen molar-refractivity contribution in [3.63, 3.8) is 0 Å². The summed E-state index contributed by atoms with van der Waals surface area (Å²) in [6.45, 7) is 7.12. The van der Waals surface area contributed by atoms with Crippen molar-refractivity contribution < 1.29 is 0 Å². The summed E-state index contributed by atoms with van der Waals surface area (Å²) in [6, 6.07) is 56.5. The first-order chi connectivity index (χ1) is 24.9. The molecule has 0 N–H and O–H groups in total. The van der Waals surface area contributed by atoms with Crippen LogP contribution >= 0.6 is 0 Å². The van der Waals surface area contributed by atoms with Crippen LogP contribution in [0.5, 0.6) is 0 Å². The minimum atomic E-state index is -0.0476. The summed E-state index contributed by atoms with van der Waals surface area (Å²) in [4.78, 5) is 2.44. The molecule has 10 rings (SSSR count). The van der Waals surface area contributed by atoms with Crippen LogP contribution < -0.4 is 4.90 Å². The van der Waals surface area contributed by atoms with Crippen LogP contribution in [-0.2, 0) is 5.41 Å². The molecule has 1 unspecified atom stereocenters. The minimum Gasteiger partial charge on any atom is -0.310 e. The van der Waals surface area contributed by atoms with Gasteiger partial charge in [-0.25, -0.2) is 0 Å². The molecule has 0 heterocycles. The molecule has 2 aliphatic carbocycles. The monoisotopic (exact) mass is 653 g/mol. The third-order valence-corrected chi connectivity index (χ3v) is 11.6. The van der Waals surface area contributed by atoms with Crippen molar-refractivity contribution in [2.75, 3.05) is 4.90 Å². The maximum absolute atomic E-state index is 2.46. The Bertz CT molecular complexity index is 2760. The molecule has 0 saturated heterocycles. The minimum absolute atomic E-state index is 0.0476. The Morgan fingerprint density at radius 1 is 0.510 bits per heavy atom. The van der Waals surface area contributed by atoms with E-state index in [1.54, 1.807) is 0 Å². The summed E-state index contributed by atoms with van der Waals surface area (Å²) in [5, 5.41) is 10.2. The van der Waals surface area contributed by atoms with Gasteiger partial charge < -0.3 is 4.90 Å². The Morgan fingerprint density at radius 2 is 1.12 bits per heavy atom. The second-order valence-electron chi connectivity index (χ2n) is 15.1. The van der Waals surface area contributed by atoms with Crippen LogP contribution in [0.25, 0.3) is 59.8 Å². The molecule has 8 aromatic carbocycles. The van der Waals surface area contributed by atoms with Gasteiger partial charge in [0, 0.05) is 22.5 Å². The molecule has 0 fully saturated rings.